The maximum Gasteiger partial charge on any atom is 0.337 e. The van der Waals surface area contributed by atoms with Gasteiger partial charge in [-0.2, -0.15) is 0 Å². The zero-order valence-corrected chi connectivity index (χ0v) is 60.0. The van der Waals surface area contributed by atoms with Gasteiger partial charge in [-0.3, -0.25) is 24.3 Å². The second kappa shape index (κ2) is 34.6. The van der Waals surface area contributed by atoms with Crippen molar-refractivity contribution in [2.75, 3.05) is 70.3 Å². The van der Waals surface area contributed by atoms with Gasteiger partial charge in [0.05, 0.1) is 28.0 Å². The Bertz CT molecular complexity index is 3940. The van der Waals surface area contributed by atoms with E-state index in [4.69, 9.17) is 20.7 Å². The molecule has 3 fully saturated rings. The van der Waals surface area contributed by atoms with E-state index in [2.05, 4.69) is 133 Å². The summed E-state index contributed by atoms with van der Waals surface area (Å²) in [4.78, 5) is 60.1. The van der Waals surface area contributed by atoms with Gasteiger partial charge in [-0.1, -0.05) is 129 Å². The molecule has 2 saturated carbocycles. The average molecular weight is 1390 g/mol. The maximum atomic E-state index is 12.7. The average Bonchev–Trinajstić information content (AvgIpc) is 1.43. The number of aromatic nitrogens is 1. The SMILES string of the molecule is CC(=O)Nc1ccc(O)cc1.CC(CN1c2ccccc2Sc2ccccc21)N(C)C.CC[C@@H](c1cccc(O)c1)[C@@H](C)CN(C)C.NC(=O)C[S+]([O-])C(c1ccccc1)c1ccccc1.O=C(O)c1cccnc1.O=C1CC[C@@]2(O)[C@H]3Cc4ccc(O)c5c4[C@@]2(CCN3CC2CC2)[C@H]1O5. The minimum atomic E-state index is -1.36. The number of likely N-dealkylation sites (N-methyl/N-ethyl adjacent to an activating group) is 1. The fourth-order valence-corrected chi connectivity index (χ4v) is 16.8. The van der Waals surface area contributed by atoms with E-state index in [-0.39, 0.29) is 45.8 Å². The van der Waals surface area contributed by atoms with Gasteiger partial charge in [0.2, 0.25) is 5.91 Å². The molecule has 100 heavy (non-hydrogen) atoms. The molecule has 2 amide bonds. The molecule has 7 aromatic carbocycles. The summed E-state index contributed by atoms with van der Waals surface area (Å²) in [6.07, 6.45) is 8.28. The monoisotopic (exact) mass is 1390 g/mol. The highest BCUT2D eigenvalue weighted by Gasteiger charge is 2.73. The van der Waals surface area contributed by atoms with E-state index in [1.165, 1.54) is 77.1 Å². The second-order valence-corrected chi connectivity index (χ2v) is 29.6. The number of phenols is 3. The summed E-state index contributed by atoms with van der Waals surface area (Å²) in [6.45, 7) is 12.2. The van der Waals surface area contributed by atoms with Gasteiger partial charge in [0.15, 0.2) is 34.4 Å². The van der Waals surface area contributed by atoms with Crippen LogP contribution in [0.25, 0.3) is 0 Å². The van der Waals surface area contributed by atoms with E-state index in [0.29, 0.717) is 47.9 Å². The van der Waals surface area contributed by atoms with Gasteiger partial charge in [-0.05, 0) is 199 Å². The summed E-state index contributed by atoms with van der Waals surface area (Å²) in [5.41, 5.74) is 12.3. The number of primary amides is 1. The van der Waals surface area contributed by atoms with E-state index in [1.54, 1.807) is 30.3 Å². The predicted molar refractivity (Wildman–Crippen MR) is 396 cm³/mol. The third kappa shape index (κ3) is 18.4. The number of benzene rings is 7. The summed E-state index contributed by atoms with van der Waals surface area (Å²) in [5.74, 6) is 1.34. The standard InChI is InChI=1S/C20H23NO4.C17H20N2S.C15H15NO2S.C14H23NO.C8H9NO2.C6H5NO2/c22-13-4-3-12-9-15-20(24)6-5-14(23)18-19(20,16(12)17(13)25-18)7-8-21(15)10-11-1-2-11;1-13(18(2)3)12-19-14-8-4-6-10-16(14)20-17-11-7-5-9-15(17)19;16-14(17)11-19(18)15(12-7-3-1-4-8-12)13-9-5-2-6-10-13;1-5-14(11(2)10-15(3)4)12-7-6-8-13(16)9-12;1-6(10)9-7-2-4-8(11)5-3-7;8-6(9)5-2-1-3-7-4-5/h3-4,11,15,18,22,24H,1-2,5-10H2;4-11,13H,12H2,1-3H3;1-10,15H,11H2,(H2,16,17);6-9,11,14,16H,5,10H2,1-4H3;2-5,11H,1H3,(H,9,10);1-4H,(H,8,9)/t15-,18+,19+,20-;;;11-,14+;;/m1..0../s1. The van der Waals surface area contributed by atoms with E-state index < -0.39 is 40.2 Å². The van der Waals surface area contributed by atoms with Crippen LogP contribution in [-0.2, 0) is 37.4 Å². The number of para-hydroxylation sites is 2. The van der Waals surface area contributed by atoms with Crippen molar-refractivity contribution in [2.24, 2.45) is 17.6 Å². The van der Waals surface area contributed by atoms with Crippen LogP contribution in [-0.4, -0.2) is 157 Å². The number of nitrogens with one attached hydrogen (secondary N) is 1. The number of likely N-dealkylation sites (tertiary alicyclic amines) is 1. The number of hydrogen-bond acceptors (Lipinski definition) is 16. The molecule has 8 aromatic rings. The van der Waals surface area contributed by atoms with Crippen LogP contribution >= 0.6 is 11.8 Å². The lowest BCUT2D eigenvalue weighted by Crippen LogP contribution is -2.76. The van der Waals surface area contributed by atoms with E-state index in [0.717, 1.165) is 73.6 Å². The first kappa shape index (κ1) is 75.5. The topological polar surface area (TPSA) is 266 Å². The number of nitrogens with two attached hydrogens (primary N) is 1. The molecule has 4 heterocycles. The summed E-state index contributed by atoms with van der Waals surface area (Å²) in [6, 6.07) is 57.6. The van der Waals surface area contributed by atoms with Crippen molar-refractivity contribution in [1.82, 2.24) is 19.7 Å². The third-order valence-corrected chi connectivity index (χ3v) is 22.1. The minimum absolute atomic E-state index is 0.0454. The number of carboxylic acids is 1. The van der Waals surface area contributed by atoms with E-state index in [9.17, 15) is 39.1 Å². The lowest BCUT2D eigenvalue weighted by atomic mass is 9.49. The fourth-order valence-electron chi connectivity index (χ4n) is 14.3. The zero-order chi connectivity index (χ0) is 71.8. The molecule has 528 valence electrons. The fraction of sp³-hybridized carbons (Fsp3) is 0.362. The molecular weight excluding hydrogens is 1300 g/mol. The Morgan fingerprint density at radius 3 is 1.92 bits per heavy atom. The summed E-state index contributed by atoms with van der Waals surface area (Å²) in [5, 5.41) is 51.3. The Morgan fingerprint density at radius 2 is 1.39 bits per heavy atom. The molecule has 6 aliphatic rings. The molecule has 8 N–H and O–H groups in total. The van der Waals surface area contributed by atoms with Gasteiger partial charge >= 0.3 is 5.97 Å². The number of pyridine rings is 1. The maximum absolute atomic E-state index is 12.7. The van der Waals surface area contributed by atoms with Crippen LogP contribution in [0.4, 0.5) is 17.1 Å². The molecule has 2 bridgehead atoms. The number of ether oxygens (including phenoxy) is 1. The predicted octanol–water partition coefficient (Wildman–Crippen LogP) is 13.0. The molecule has 1 saturated heterocycles. The third-order valence-electron chi connectivity index (χ3n) is 19.3. The molecule has 18 nitrogen and oxygen atoms in total. The highest BCUT2D eigenvalue weighted by atomic mass is 32.2. The first-order valence-electron chi connectivity index (χ1n) is 34.1. The number of rotatable bonds is 17. The van der Waals surface area contributed by atoms with Crippen LogP contribution in [0.1, 0.15) is 116 Å². The Kier molecular flexibility index (Phi) is 26.1. The van der Waals surface area contributed by atoms with Crippen LogP contribution in [0.15, 0.2) is 204 Å². The molecule has 0 radical (unpaired) electrons. The Hall–Kier alpha value is -8.73. The number of phenolic OH excluding ortho intramolecular Hbond substituents is 3. The van der Waals surface area contributed by atoms with Crippen LogP contribution < -0.4 is 20.7 Å². The molecule has 1 aromatic heterocycles. The molecular formula is C80H95N7O11S2. The summed E-state index contributed by atoms with van der Waals surface area (Å²) < 4.78 is 18.4. The number of aromatic hydroxyl groups is 3. The Labute approximate surface area is 595 Å². The first-order chi connectivity index (χ1) is 47.9. The molecule has 8 atom stereocenters. The summed E-state index contributed by atoms with van der Waals surface area (Å²) in [7, 11) is 8.49. The van der Waals surface area contributed by atoms with Crippen molar-refractivity contribution >= 4 is 63.6 Å². The second-order valence-electron chi connectivity index (χ2n) is 27.0. The number of aromatic carboxylic acids is 1. The number of nitrogens with zero attached hydrogens (tertiary/aromatic N) is 5. The van der Waals surface area contributed by atoms with Gasteiger partial charge in [0.25, 0.3) is 5.91 Å². The van der Waals surface area contributed by atoms with Crippen LogP contribution in [0.3, 0.4) is 0 Å². The Morgan fingerprint density at radius 1 is 0.780 bits per heavy atom. The number of Topliss-reactive ketones (excluding diaryl/α,β-unsaturated/α-hetero) is 1. The van der Waals surface area contributed by atoms with Crippen LogP contribution in [0.2, 0.25) is 0 Å². The van der Waals surface area contributed by atoms with Gasteiger partial charge in [0, 0.05) is 89.6 Å². The number of hydrogen-bond donors (Lipinski definition) is 7. The van der Waals surface area contributed by atoms with Gasteiger partial charge in [-0.15, -0.1) is 0 Å². The lowest BCUT2D eigenvalue weighted by Gasteiger charge is -2.62. The number of amides is 2. The van der Waals surface area contributed by atoms with Gasteiger partial charge in [0.1, 0.15) is 11.5 Å². The highest BCUT2D eigenvalue weighted by Crippen LogP contribution is 2.65. The molecule has 20 heteroatoms. The normalized spacial score (nSPS) is 19.9. The molecule has 14 rings (SSSR count). The number of anilines is 3. The van der Waals surface area contributed by atoms with Gasteiger partial charge in [-0.25, -0.2) is 4.79 Å². The number of aliphatic hydroxyl groups is 1. The smallest absolute Gasteiger partial charge is 0.337 e. The van der Waals surface area contributed by atoms with Crippen molar-refractivity contribution in [3.05, 3.63) is 228 Å². The molecule has 1 spiro atoms. The van der Waals surface area contributed by atoms with Crippen molar-refractivity contribution in [1.29, 1.82) is 0 Å². The first-order valence-corrected chi connectivity index (χ1v) is 36.3. The van der Waals surface area contributed by atoms with Crippen molar-refractivity contribution in [3.8, 4) is 23.0 Å². The van der Waals surface area contributed by atoms with Crippen molar-refractivity contribution in [3.63, 3.8) is 0 Å². The number of fused-ring (bicyclic) bond motifs is 2. The summed E-state index contributed by atoms with van der Waals surface area (Å²) >= 11 is 0.502. The Balaban J connectivity index is 0.000000144. The van der Waals surface area contributed by atoms with Crippen LogP contribution in [0.5, 0.6) is 23.0 Å². The quantitative estimate of drug-likeness (QED) is 0.0330. The van der Waals surface area contributed by atoms with E-state index >= 15 is 0 Å². The molecule has 2 unspecified atom stereocenters. The molecule has 3 aliphatic carbocycles. The van der Waals surface area contributed by atoms with Gasteiger partial charge < -0.3 is 60.6 Å². The highest BCUT2D eigenvalue weighted by molar-refractivity contribution is 7.99. The number of carbonyl (C=O) groups excluding carboxylic acids is 3. The number of piperidine rings is 1. The number of carboxylic acid groups (broad SMARTS) is 1. The lowest BCUT2D eigenvalue weighted by molar-refractivity contribution is -0.188. The molecule has 3 aliphatic heterocycles. The number of ketones is 1. The zero-order valence-electron chi connectivity index (χ0n) is 58.3. The number of carbonyl (C=O) groups is 4. The van der Waals surface area contributed by atoms with E-state index in [1.807, 2.05) is 90.6 Å². The van der Waals surface area contributed by atoms with Crippen molar-refractivity contribution < 1.29 is 54.0 Å². The minimum Gasteiger partial charge on any atom is -0.615 e. The largest absolute Gasteiger partial charge is 0.615 e. The van der Waals surface area contributed by atoms with Crippen molar-refractivity contribution in [2.45, 2.75) is 123 Å². The van der Waals surface area contributed by atoms with Crippen LogP contribution in [0, 0.1) is 11.8 Å².